The molecule has 0 radical (unpaired) electrons. The highest BCUT2D eigenvalue weighted by Crippen LogP contribution is 2.27. The predicted molar refractivity (Wildman–Crippen MR) is 77.2 cm³/mol. The lowest BCUT2D eigenvalue weighted by Gasteiger charge is -2.25. The third-order valence-electron chi connectivity index (χ3n) is 3.33. The van der Waals surface area contributed by atoms with Crippen LogP contribution in [0.15, 0.2) is 18.2 Å². The van der Waals surface area contributed by atoms with Crippen molar-refractivity contribution in [2.45, 2.75) is 31.7 Å². The van der Waals surface area contributed by atoms with Crippen molar-refractivity contribution in [1.82, 2.24) is 0 Å². The summed E-state index contributed by atoms with van der Waals surface area (Å²) in [5.41, 5.74) is 6.25. The lowest BCUT2D eigenvalue weighted by Crippen LogP contribution is -2.32. The average Bonchev–Trinajstić information content (AvgIpc) is 2.33. The molecule has 1 aliphatic carbocycles. The molecule has 0 bridgehead atoms. The summed E-state index contributed by atoms with van der Waals surface area (Å²) in [4.78, 5) is 12.0. The number of nitrogens with two attached hydrogens (primary N) is 1. The van der Waals surface area contributed by atoms with Crippen LogP contribution in [0.1, 0.15) is 25.7 Å². The Morgan fingerprint density at radius 1 is 1.32 bits per heavy atom. The van der Waals surface area contributed by atoms with Gasteiger partial charge in [0, 0.05) is 12.0 Å². The summed E-state index contributed by atoms with van der Waals surface area (Å²) < 4.78 is 12.9. The van der Waals surface area contributed by atoms with Crippen LogP contribution in [-0.2, 0) is 4.79 Å². The molecule has 1 aliphatic rings. The van der Waals surface area contributed by atoms with Gasteiger partial charge in [-0.2, -0.15) is 0 Å². The van der Waals surface area contributed by atoms with Gasteiger partial charge in [0.15, 0.2) is 0 Å². The maximum Gasteiger partial charge on any atom is 0.227 e. The Labute approximate surface area is 123 Å². The van der Waals surface area contributed by atoms with E-state index in [1.54, 1.807) is 0 Å². The van der Waals surface area contributed by atoms with Crippen molar-refractivity contribution >= 4 is 35.6 Å². The number of hydrogen-bond donors (Lipinski definition) is 2. The Morgan fingerprint density at radius 2 is 1.95 bits per heavy atom. The summed E-state index contributed by atoms with van der Waals surface area (Å²) >= 11 is 5.86. The van der Waals surface area contributed by atoms with Crippen molar-refractivity contribution in [2.75, 3.05) is 5.32 Å². The standard InChI is InChI=1S/C13H16ClFN2O.ClH/c14-11-7-9(15)3-6-12(11)17-13(18)8-1-4-10(16)5-2-8;/h3,6-8,10H,1-2,4-5,16H2,(H,17,18);1H. The Bertz CT molecular complexity index is 448. The Balaban J connectivity index is 0.00000180. The molecular formula is C13H17Cl2FN2O. The van der Waals surface area contributed by atoms with Crippen molar-refractivity contribution < 1.29 is 9.18 Å². The monoisotopic (exact) mass is 306 g/mol. The van der Waals surface area contributed by atoms with Gasteiger partial charge in [-0.25, -0.2) is 4.39 Å². The normalized spacial score (nSPS) is 22.5. The minimum Gasteiger partial charge on any atom is -0.328 e. The third kappa shape index (κ3) is 4.34. The molecule has 0 unspecified atom stereocenters. The smallest absolute Gasteiger partial charge is 0.227 e. The van der Waals surface area contributed by atoms with Crippen LogP contribution in [0, 0.1) is 11.7 Å². The molecule has 1 saturated carbocycles. The number of rotatable bonds is 2. The molecule has 19 heavy (non-hydrogen) atoms. The molecule has 0 spiro atoms. The summed E-state index contributed by atoms with van der Waals surface area (Å²) in [5.74, 6) is -0.497. The van der Waals surface area contributed by atoms with Gasteiger partial charge >= 0.3 is 0 Å². The van der Waals surface area contributed by atoms with Gasteiger partial charge in [0.25, 0.3) is 0 Å². The van der Waals surface area contributed by atoms with Gasteiger partial charge in [-0.05, 0) is 43.9 Å². The Morgan fingerprint density at radius 3 is 2.53 bits per heavy atom. The zero-order valence-corrected chi connectivity index (χ0v) is 11.9. The van der Waals surface area contributed by atoms with E-state index in [2.05, 4.69) is 5.32 Å². The molecule has 1 fully saturated rings. The van der Waals surface area contributed by atoms with Crippen LogP contribution < -0.4 is 11.1 Å². The average molecular weight is 307 g/mol. The van der Waals surface area contributed by atoms with E-state index in [-0.39, 0.29) is 35.3 Å². The first-order chi connectivity index (χ1) is 8.56. The van der Waals surface area contributed by atoms with Gasteiger partial charge in [0.05, 0.1) is 10.7 Å². The SMILES string of the molecule is Cl.NC1CCC(C(=O)Nc2ccc(F)cc2Cl)CC1. The van der Waals surface area contributed by atoms with E-state index in [1.165, 1.54) is 18.2 Å². The van der Waals surface area contributed by atoms with Crippen LogP contribution in [0.2, 0.25) is 5.02 Å². The first-order valence-electron chi connectivity index (χ1n) is 6.08. The van der Waals surface area contributed by atoms with Gasteiger partial charge in [0.2, 0.25) is 5.91 Å². The first kappa shape index (κ1) is 16.2. The van der Waals surface area contributed by atoms with E-state index >= 15 is 0 Å². The summed E-state index contributed by atoms with van der Waals surface area (Å²) in [6.45, 7) is 0. The van der Waals surface area contributed by atoms with Gasteiger partial charge in [-0.15, -0.1) is 12.4 Å². The fourth-order valence-corrected chi connectivity index (χ4v) is 2.42. The summed E-state index contributed by atoms with van der Waals surface area (Å²) in [6.07, 6.45) is 3.34. The molecule has 3 nitrogen and oxygen atoms in total. The molecule has 1 aromatic carbocycles. The Kier molecular flexibility index (Phi) is 6.04. The van der Waals surface area contributed by atoms with Crippen LogP contribution in [0.25, 0.3) is 0 Å². The summed E-state index contributed by atoms with van der Waals surface area (Å²) in [5, 5.41) is 2.96. The van der Waals surface area contributed by atoms with E-state index in [9.17, 15) is 9.18 Å². The first-order valence-corrected chi connectivity index (χ1v) is 6.45. The molecule has 0 atom stereocenters. The number of nitrogens with one attached hydrogen (secondary N) is 1. The fraction of sp³-hybridized carbons (Fsp3) is 0.462. The number of hydrogen-bond acceptors (Lipinski definition) is 2. The van der Waals surface area contributed by atoms with Gasteiger partial charge in [-0.1, -0.05) is 11.6 Å². The minimum absolute atomic E-state index is 0. The number of halogens is 3. The Hall–Kier alpha value is -0.840. The summed E-state index contributed by atoms with van der Waals surface area (Å²) in [6, 6.07) is 4.15. The number of benzene rings is 1. The highest BCUT2D eigenvalue weighted by molar-refractivity contribution is 6.33. The van der Waals surface area contributed by atoms with E-state index in [1.807, 2.05) is 0 Å². The second kappa shape index (κ2) is 7.08. The molecule has 106 valence electrons. The fourth-order valence-electron chi connectivity index (χ4n) is 2.21. The highest BCUT2D eigenvalue weighted by atomic mass is 35.5. The molecule has 2 rings (SSSR count). The zero-order valence-electron chi connectivity index (χ0n) is 10.4. The van der Waals surface area contributed by atoms with Crippen molar-refractivity contribution in [3.8, 4) is 0 Å². The number of carbonyl (C=O) groups is 1. The maximum absolute atomic E-state index is 12.9. The summed E-state index contributed by atoms with van der Waals surface area (Å²) in [7, 11) is 0. The van der Waals surface area contributed by atoms with E-state index < -0.39 is 5.82 Å². The minimum atomic E-state index is -0.415. The maximum atomic E-state index is 12.9. The van der Waals surface area contributed by atoms with Crippen LogP contribution >= 0.6 is 24.0 Å². The largest absolute Gasteiger partial charge is 0.328 e. The lowest BCUT2D eigenvalue weighted by atomic mass is 9.86. The molecule has 1 aromatic rings. The molecule has 0 aliphatic heterocycles. The molecule has 0 aromatic heterocycles. The predicted octanol–water partition coefficient (Wildman–Crippen LogP) is 3.36. The van der Waals surface area contributed by atoms with Crippen LogP contribution in [-0.4, -0.2) is 11.9 Å². The van der Waals surface area contributed by atoms with Crippen LogP contribution in [0.4, 0.5) is 10.1 Å². The molecule has 0 heterocycles. The van der Waals surface area contributed by atoms with E-state index in [0.29, 0.717) is 5.69 Å². The van der Waals surface area contributed by atoms with E-state index in [4.69, 9.17) is 17.3 Å². The number of carbonyl (C=O) groups excluding carboxylic acids is 1. The van der Waals surface area contributed by atoms with E-state index in [0.717, 1.165) is 25.7 Å². The molecule has 1 amide bonds. The van der Waals surface area contributed by atoms with Crippen LogP contribution in [0.5, 0.6) is 0 Å². The van der Waals surface area contributed by atoms with Gasteiger partial charge in [0.1, 0.15) is 5.82 Å². The van der Waals surface area contributed by atoms with Crippen molar-refractivity contribution in [1.29, 1.82) is 0 Å². The van der Waals surface area contributed by atoms with Crippen LogP contribution in [0.3, 0.4) is 0 Å². The molecule has 6 heteroatoms. The van der Waals surface area contributed by atoms with Crippen molar-refractivity contribution in [3.63, 3.8) is 0 Å². The topological polar surface area (TPSA) is 55.1 Å². The van der Waals surface area contributed by atoms with Crippen molar-refractivity contribution in [3.05, 3.63) is 29.0 Å². The lowest BCUT2D eigenvalue weighted by molar-refractivity contribution is -0.120. The highest BCUT2D eigenvalue weighted by Gasteiger charge is 2.24. The number of anilines is 1. The van der Waals surface area contributed by atoms with Crippen molar-refractivity contribution in [2.24, 2.45) is 11.7 Å². The molecule has 0 saturated heterocycles. The number of amides is 1. The van der Waals surface area contributed by atoms with Gasteiger partial charge < -0.3 is 11.1 Å². The van der Waals surface area contributed by atoms with Gasteiger partial charge in [-0.3, -0.25) is 4.79 Å². The molecule has 3 N–H and O–H groups in total. The zero-order chi connectivity index (χ0) is 13.1. The second-order valence-electron chi connectivity index (χ2n) is 4.73. The third-order valence-corrected chi connectivity index (χ3v) is 3.64. The molecular weight excluding hydrogens is 290 g/mol. The second-order valence-corrected chi connectivity index (χ2v) is 5.13. The quantitative estimate of drug-likeness (QED) is 0.880.